The Labute approximate surface area is 146 Å². The SMILES string of the molecule is O=C1C[C@H](c2cccc(C(F)(F)F)c2)c2cnn(Cc3ccco3)c2N1. The summed E-state index contributed by atoms with van der Waals surface area (Å²) in [5.41, 5.74) is 0.398. The molecule has 134 valence electrons. The van der Waals surface area contributed by atoms with Crippen molar-refractivity contribution >= 4 is 11.7 Å². The Morgan fingerprint density at radius 2 is 2.12 bits per heavy atom. The van der Waals surface area contributed by atoms with Crippen molar-refractivity contribution in [3.8, 4) is 0 Å². The van der Waals surface area contributed by atoms with E-state index in [1.165, 1.54) is 12.3 Å². The maximum Gasteiger partial charge on any atom is 0.416 e. The minimum atomic E-state index is -4.43. The zero-order chi connectivity index (χ0) is 18.3. The number of alkyl halides is 3. The molecule has 0 aliphatic carbocycles. The molecule has 1 N–H and O–H groups in total. The van der Waals surface area contributed by atoms with E-state index in [9.17, 15) is 18.0 Å². The van der Waals surface area contributed by atoms with Crippen molar-refractivity contribution in [1.29, 1.82) is 0 Å². The Hall–Kier alpha value is -3.03. The van der Waals surface area contributed by atoms with Crippen LogP contribution in [0.25, 0.3) is 0 Å². The summed E-state index contributed by atoms with van der Waals surface area (Å²) in [5.74, 6) is 0.402. The molecule has 0 radical (unpaired) electrons. The number of carbonyl (C=O) groups excluding carboxylic acids is 1. The van der Waals surface area contributed by atoms with Crippen molar-refractivity contribution < 1.29 is 22.4 Å². The van der Waals surface area contributed by atoms with Crippen LogP contribution in [0.5, 0.6) is 0 Å². The quantitative estimate of drug-likeness (QED) is 0.767. The highest BCUT2D eigenvalue weighted by molar-refractivity contribution is 5.94. The van der Waals surface area contributed by atoms with Crippen molar-refractivity contribution in [3.05, 3.63) is 71.3 Å². The molecule has 3 aromatic rings. The van der Waals surface area contributed by atoms with Crippen LogP contribution in [-0.2, 0) is 17.5 Å². The van der Waals surface area contributed by atoms with Crippen LogP contribution in [0.1, 0.15) is 34.8 Å². The highest BCUT2D eigenvalue weighted by atomic mass is 19.4. The molecule has 0 saturated heterocycles. The first-order chi connectivity index (χ1) is 12.4. The Morgan fingerprint density at radius 1 is 1.27 bits per heavy atom. The molecule has 5 nitrogen and oxygen atoms in total. The minimum absolute atomic E-state index is 0.0702. The summed E-state index contributed by atoms with van der Waals surface area (Å²) in [6.07, 6.45) is -1.24. The van der Waals surface area contributed by atoms with E-state index in [2.05, 4.69) is 10.4 Å². The van der Waals surface area contributed by atoms with E-state index in [-0.39, 0.29) is 12.3 Å². The van der Waals surface area contributed by atoms with E-state index in [4.69, 9.17) is 4.42 Å². The standard InChI is InChI=1S/C18H14F3N3O2/c19-18(20,21)12-4-1-3-11(7-12)14-8-16(25)23-17-15(14)9-22-24(17)10-13-5-2-6-26-13/h1-7,9,14H,8,10H2,(H,23,25)/t14-/m1/s1. The average Bonchev–Trinajstić information content (AvgIpc) is 3.24. The second-order valence-electron chi connectivity index (χ2n) is 6.11. The molecule has 1 atom stereocenters. The van der Waals surface area contributed by atoms with Gasteiger partial charge in [-0.25, -0.2) is 4.68 Å². The molecule has 4 rings (SSSR count). The molecular formula is C18H14F3N3O2. The van der Waals surface area contributed by atoms with Gasteiger partial charge in [-0.15, -0.1) is 0 Å². The first kappa shape index (κ1) is 16.4. The van der Waals surface area contributed by atoms with Gasteiger partial charge >= 0.3 is 6.18 Å². The first-order valence-electron chi connectivity index (χ1n) is 7.97. The molecule has 8 heteroatoms. The zero-order valence-electron chi connectivity index (χ0n) is 13.5. The molecule has 0 fully saturated rings. The smallest absolute Gasteiger partial charge is 0.416 e. The molecule has 0 bridgehead atoms. The van der Waals surface area contributed by atoms with Gasteiger partial charge in [0, 0.05) is 17.9 Å². The van der Waals surface area contributed by atoms with Gasteiger partial charge < -0.3 is 9.73 Å². The number of nitrogens with one attached hydrogen (secondary N) is 1. The third kappa shape index (κ3) is 2.98. The van der Waals surface area contributed by atoms with Crippen molar-refractivity contribution in [3.63, 3.8) is 0 Å². The van der Waals surface area contributed by atoms with Crippen molar-refractivity contribution in [1.82, 2.24) is 9.78 Å². The fourth-order valence-corrected chi connectivity index (χ4v) is 3.17. The topological polar surface area (TPSA) is 60.1 Å². The first-order valence-corrected chi connectivity index (χ1v) is 7.97. The summed E-state index contributed by atoms with van der Waals surface area (Å²) in [4.78, 5) is 12.1. The summed E-state index contributed by atoms with van der Waals surface area (Å²) in [6, 6.07) is 8.60. The van der Waals surface area contributed by atoms with Crippen LogP contribution in [0.2, 0.25) is 0 Å². The van der Waals surface area contributed by atoms with E-state index < -0.39 is 17.7 Å². The number of fused-ring (bicyclic) bond motifs is 1. The lowest BCUT2D eigenvalue weighted by atomic mass is 9.86. The van der Waals surface area contributed by atoms with Gasteiger partial charge in [0.2, 0.25) is 5.91 Å². The van der Waals surface area contributed by atoms with Crippen LogP contribution in [0.4, 0.5) is 19.0 Å². The van der Waals surface area contributed by atoms with Crippen LogP contribution in [-0.4, -0.2) is 15.7 Å². The number of amides is 1. The molecule has 3 heterocycles. The number of carbonyl (C=O) groups is 1. The highest BCUT2D eigenvalue weighted by Gasteiger charge is 2.34. The lowest BCUT2D eigenvalue weighted by molar-refractivity contribution is -0.137. The van der Waals surface area contributed by atoms with Crippen molar-refractivity contribution in [2.24, 2.45) is 0 Å². The van der Waals surface area contributed by atoms with Gasteiger partial charge in [0.15, 0.2) is 0 Å². The van der Waals surface area contributed by atoms with Gasteiger partial charge in [-0.3, -0.25) is 4.79 Å². The van der Waals surface area contributed by atoms with Crippen LogP contribution in [0.15, 0.2) is 53.3 Å². The number of nitrogens with zero attached hydrogens (tertiary/aromatic N) is 2. The lowest BCUT2D eigenvalue weighted by Crippen LogP contribution is -2.25. The Balaban J connectivity index is 1.72. The zero-order valence-corrected chi connectivity index (χ0v) is 13.5. The molecule has 0 spiro atoms. The Kier molecular flexibility index (Phi) is 3.82. The molecule has 0 saturated carbocycles. The maximum atomic E-state index is 13.0. The van der Waals surface area contributed by atoms with Gasteiger partial charge in [-0.2, -0.15) is 18.3 Å². The Bertz CT molecular complexity index is 945. The number of halogens is 3. The number of rotatable bonds is 3. The van der Waals surface area contributed by atoms with Crippen LogP contribution in [0.3, 0.4) is 0 Å². The third-order valence-electron chi connectivity index (χ3n) is 4.39. The number of hydrogen-bond donors (Lipinski definition) is 1. The van der Waals surface area contributed by atoms with E-state index in [1.807, 2.05) is 0 Å². The third-order valence-corrected chi connectivity index (χ3v) is 4.39. The van der Waals surface area contributed by atoms with Gasteiger partial charge in [-0.05, 0) is 23.8 Å². The summed E-state index contributed by atoms with van der Waals surface area (Å²) in [5, 5.41) is 7.04. The summed E-state index contributed by atoms with van der Waals surface area (Å²) in [7, 11) is 0. The molecular weight excluding hydrogens is 347 g/mol. The van der Waals surface area contributed by atoms with E-state index >= 15 is 0 Å². The predicted octanol–water partition coefficient (Wildman–Crippen LogP) is 4.02. The molecule has 2 aromatic heterocycles. The van der Waals surface area contributed by atoms with Crippen LogP contribution < -0.4 is 5.32 Å². The van der Waals surface area contributed by atoms with E-state index in [0.29, 0.717) is 29.2 Å². The minimum Gasteiger partial charge on any atom is -0.467 e. The average molecular weight is 361 g/mol. The second-order valence-corrected chi connectivity index (χ2v) is 6.11. The molecule has 1 amide bonds. The normalized spacial score (nSPS) is 17.0. The monoisotopic (exact) mass is 361 g/mol. The predicted molar refractivity (Wildman–Crippen MR) is 86.6 cm³/mol. The highest BCUT2D eigenvalue weighted by Crippen LogP contribution is 2.39. The molecule has 1 aliphatic heterocycles. The fourth-order valence-electron chi connectivity index (χ4n) is 3.17. The summed E-state index contributed by atoms with van der Waals surface area (Å²) < 4.78 is 45.9. The van der Waals surface area contributed by atoms with E-state index in [0.717, 1.165) is 12.1 Å². The molecule has 0 unspecified atom stereocenters. The molecule has 1 aliphatic rings. The largest absolute Gasteiger partial charge is 0.467 e. The second kappa shape index (κ2) is 6.05. The lowest BCUT2D eigenvalue weighted by Gasteiger charge is -2.24. The van der Waals surface area contributed by atoms with Crippen LogP contribution >= 0.6 is 0 Å². The van der Waals surface area contributed by atoms with E-state index in [1.54, 1.807) is 29.1 Å². The van der Waals surface area contributed by atoms with Crippen LogP contribution in [0, 0.1) is 0 Å². The van der Waals surface area contributed by atoms with Gasteiger partial charge in [0.25, 0.3) is 0 Å². The fraction of sp³-hybridized carbons (Fsp3) is 0.222. The number of furan rings is 1. The van der Waals surface area contributed by atoms with Gasteiger partial charge in [0.05, 0.1) is 18.0 Å². The van der Waals surface area contributed by atoms with Crippen molar-refractivity contribution in [2.75, 3.05) is 5.32 Å². The number of aromatic nitrogens is 2. The molecule has 1 aromatic carbocycles. The van der Waals surface area contributed by atoms with Crippen molar-refractivity contribution in [2.45, 2.75) is 25.1 Å². The van der Waals surface area contributed by atoms with Gasteiger partial charge in [0.1, 0.15) is 18.1 Å². The summed E-state index contributed by atoms with van der Waals surface area (Å²) >= 11 is 0. The number of anilines is 1. The number of benzene rings is 1. The maximum absolute atomic E-state index is 13.0. The summed E-state index contributed by atoms with van der Waals surface area (Å²) in [6.45, 7) is 0.317. The number of hydrogen-bond acceptors (Lipinski definition) is 3. The Morgan fingerprint density at radius 3 is 2.85 bits per heavy atom. The molecule has 26 heavy (non-hydrogen) atoms. The van der Waals surface area contributed by atoms with Gasteiger partial charge in [-0.1, -0.05) is 18.2 Å².